The van der Waals surface area contributed by atoms with Gasteiger partial charge in [0.15, 0.2) is 0 Å². The van der Waals surface area contributed by atoms with Crippen LogP contribution in [0.2, 0.25) is 10.0 Å². The molecule has 35 heavy (non-hydrogen) atoms. The van der Waals surface area contributed by atoms with E-state index in [0.29, 0.717) is 23.0 Å². The van der Waals surface area contributed by atoms with Crippen LogP contribution in [0.4, 0.5) is 0 Å². The number of hydrogen-bond acceptors (Lipinski definition) is 4. The molecular weight excluding hydrogens is 483 g/mol. The van der Waals surface area contributed by atoms with Gasteiger partial charge >= 0.3 is 5.97 Å². The van der Waals surface area contributed by atoms with Gasteiger partial charge in [-0.15, -0.1) is 0 Å². The van der Waals surface area contributed by atoms with E-state index in [2.05, 4.69) is 10.3 Å². The van der Waals surface area contributed by atoms with E-state index in [4.69, 9.17) is 23.2 Å². The van der Waals surface area contributed by atoms with Gasteiger partial charge < -0.3 is 10.4 Å². The average Bonchev–Trinajstić information content (AvgIpc) is 2.85. The first-order chi connectivity index (χ1) is 16.8. The number of nitrogens with zero attached hydrogens (tertiary/aromatic N) is 1. The van der Waals surface area contributed by atoms with Gasteiger partial charge in [0, 0.05) is 47.2 Å². The highest BCUT2D eigenvalue weighted by molar-refractivity contribution is 6.30. The second-order valence-electron chi connectivity index (χ2n) is 9.38. The van der Waals surface area contributed by atoms with Crippen molar-refractivity contribution in [1.29, 1.82) is 0 Å². The summed E-state index contributed by atoms with van der Waals surface area (Å²) in [7, 11) is 0. The van der Waals surface area contributed by atoms with Crippen molar-refractivity contribution in [2.45, 2.75) is 43.6 Å². The Labute approximate surface area is 215 Å². The largest absolute Gasteiger partial charge is 0.481 e. The minimum atomic E-state index is -0.919. The fourth-order valence-corrected chi connectivity index (χ4v) is 5.45. The molecule has 4 rings (SSSR count). The van der Waals surface area contributed by atoms with Crippen molar-refractivity contribution >= 4 is 35.0 Å². The summed E-state index contributed by atoms with van der Waals surface area (Å²) in [6.07, 6.45) is 4.45. The quantitative estimate of drug-likeness (QED) is 0.394. The molecule has 7 heteroatoms. The zero-order valence-corrected chi connectivity index (χ0v) is 21.0. The van der Waals surface area contributed by atoms with E-state index in [1.165, 1.54) is 0 Å². The third kappa shape index (κ3) is 5.75. The Balaban J connectivity index is 1.67. The highest BCUT2D eigenvalue weighted by Crippen LogP contribution is 2.39. The number of nitrogens with one attached hydrogen (secondary N) is 1. The second-order valence-corrected chi connectivity index (χ2v) is 10.2. The number of piperidine rings is 1. The predicted octanol–water partition coefficient (Wildman–Crippen LogP) is 5.89. The number of carboxylic acid groups (broad SMARTS) is 1. The molecule has 0 radical (unpaired) electrons. The van der Waals surface area contributed by atoms with Crippen molar-refractivity contribution in [3.8, 4) is 0 Å². The van der Waals surface area contributed by atoms with Crippen LogP contribution in [-0.2, 0) is 15.0 Å². The van der Waals surface area contributed by atoms with Crippen molar-refractivity contribution in [2.75, 3.05) is 6.54 Å². The molecule has 0 saturated carbocycles. The molecule has 1 saturated heterocycles. The minimum absolute atomic E-state index is 0.0243. The van der Waals surface area contributed by atoms with E-state index in [1.807, 2.05) is 55.5 Å². The Morgan fingerprint density at radius 3 is 2.46 bits per heavy atom. The number of rotatable bonds is 8. The van der Waals surface area contributed by atoms with Crippen molar-refractivity contribution in [2.24, 2.45) is 5.92 Å². The van der Waals surface area contributed by atoms with Gasteiger partial charge in [0.2, 0.25) is 0 Å². The standard InChI is InChI=1S/C28H28Cl2N2O3/c1-28(21-5-3-11-31-17-21,20-7-9-22(29)10-8-20)26(33)15-25-24(19-4-2-6-23(30)14-19)12-18(16-32-25)13-27(34)35/h2-11,14,17-18,24-25,32H,12-13,15-16H2,1H3,(H,34,35)/t18-,24-,25+,28-/m1/s1. The molecule has 5 nitrogen and oxygen atoms in total. The smallest absolute Gasteiger partial charge is 0.303 e. The van der Waals surface area contributed by atoms with Crippen LogP contribution in [0.3, 0.4) is 0 Å². The molecule has 1 aliphatic rings. The highest BCUT2D eigenvalue weighted by atomic mass is 35.5. The number of hydrogen-bond donors (Lipinski definition) is 2. The van der Waals surface area contributed by atoms with E-state index in [1.54, 1.807) is 24.5 Å². The first-order valence-corrected chi connectivity index (χ1v) is 12.4. The van der Waals surface area contributed by atoms with Crippen LogP contribution in [0.15, 0.2) is 73.1 Å². The van der Waals surface area contributed by atoms with Crippen LogP contribution in [0.25, 0.3) is 0 Å². The molecule has 0 spiro atoms. The maximum atomic E-state index is 14.1. The summed E-state index contributed by atoms with van der Waals surface area (Å²) in [6.45, 7) is 2.48. The van der Waals surface area contributed by atoms with Gasteiger partial charge in [0.05, 0.1) is 5.41 Å². The van der Waals surface area contributed by atoms with E-state index < -0.39 is 11.4 Å². The number of Topliss-reactive ketones (excluding diaryl/α,β-unsaturated/α-hetero) is 1. The zero-order valence-electron chi connectivity index (χ0n) is 19.5. The van der Waals surface area contributed by atoms with Crippen LogP contribution in [0.5, 0.6) is 0 Å². The molecule has 1 aromatic heterocycles. The Morgan fingerprint density at radius 2 is 1.80 bits per heavy atom. The Hall–Kier alpha value is -2.73. The first kappa shape index (κ1) is 25.4. The number of carboxylic acids is 1. The van der Waals surface area contributed by atoms with E-state index >= 15 is 0 Å². The van der Waals surface area contributed by atoms with Crippen molar-refractivity contribution in [3.63, 3.8) is 0 Å². The van der Waals surface area contributed by atoms with Crippen LogP contribution in [0, 0.1) is 5.92 Å². The molecular formula is C28H28Cl2N2O3. The number of halogens is 2. The number of ketones is 1. The fourth-order valence-electron chi connectivity index (χ4n) is 5.12. The maximum Gasteiger partial charge on any atom is 0.303 e. The summed E-state index contributed by atoms with van der Waals surface area (Å²) in [5, 5.41) is 14.1. The number of aromatic nitrogens is 1. The molecule has 3 aromatic rings. The topological polar surface area (TPSA) is 79.3 Å². The molecule has 0 bridgehead atoms. The lowest BCUT2D eigenvalue weighted by molar-refractivity contribution is -0.138. The third-order valence-corrected chi connectivity index (χ3v) is 7.59. The predicted molar refractivity (Wildman–Crippen MR) is 138 cm³/mol. The van der Waals surface area contributed by atoms with Crippen LogP contribution < -0.4 is 5.32 Å². The van der Waals surface area contributed by atoms with Gasteiger partial charge in [-0.2, -0.15) is 0 Å². The number of benzene rings is 2. The molecule has 1 fully saturated rings. The summed E-state index contributed by atoms with van der Waals surface area (Å²) in [6, 6.07) is 18.6. The number of carbonyl (C=O) groups is 2. The minimum Gasteiger partial charge on any atom is -0.481 e. The molecule has 0 amide bonds. The van der Waals surface area contributed by atoms with Crippen molar-refractivity contribution < 1.29 is 14.7 Å². The van der Waals surface area contributed by atoms with Gasteiger partial charge in [-0.1, -0.05) is 53.5 Å². The molecule has 2 N–H and O–H groups in total. The van der Waals surface area contributed by atoms with Gasteiger partial charge in [-0.05, 0) is 72.8 Å². The van der Waals surface area contributed by atoms with Crippen LogP contribution >= 0.6 is 23.2 Å². The lowest BCUT2D eigenvalue weighted by Crippen LogP contribution is -2.48. The van der Waals surface area contributed by atoms with Gasteiger partial charge in [0.25, 0.3) is 0 Å². The van der Waals surface area contributed by atoms with Crippen LogP contribution in [0.1, 0.15) is 48.8 Å². The monoisotopic (exact) mass is 510 g/mol. The molecule has 1 aliphatic heterocycles. The van der Waals surface area contributed by atoms with Gasteiger partial charge in [-0.3, -0.25) is 14.6 Å². The van der Waals surface area contributed by atoms with E-state index in [-0.39, 0.29) is 36.5 Å². The molecule has 4 atom stereocenters. The molecule has 0 aliphatic carbocycles. The van der Waals surface area contributed by atoms with Gasteiger partial charge in [0.1, 0.15) is 5.78 Å². The van der Waals surface area contributed by atoms with Crippen molar-refractivity contribution in [3.05, 3.63) is 99.8 Å². The molecule has 2 heterocycles. The average molecular weight is 511 g/mol. The second kappa shape index (κ2) is 10.9. The maximum absolute atomic E-state index is 14.1. The lowest BCUT2D eigenvalue weighted by Gasteiger charge is -2.39. The Kier molecular flexibility index (Phi) is 7.90. The normalized spacial score (nSPS) is 21.7. The number of carbonyl (C=O) groups excluding carboxylic acids is 1. The highest BCUT2D eigenvalue weighted by Gasteiger charge is 2.41. The third-order valence-electron chi connectivity index (χ3n) is 7.11. The van der Waals surface area contributed by atoms with Crippen LogP contribution in [-0.4, -0.2) is 34.4 Å². The summed E-state index contributed by atoms with van der Waals surface area (Å²) in [4.78, 5) is 29.7. The SMILES string of the molecule is C[C@@](C(=O)C[C@@H]1NC[C@@H](CC(=O)O)C[C@@H]1c1cccc(Cl)c1)(c1ccc(Cl)cc1)c1cccnc1. The summed E-state index contributed by atoms with van der Waals surface area (Å²) in [5.74, 6) is -0.833. The summed E-state index contributed by atoms with van der Waals surface area (Å²) >= 11 is 12.4. The zero-order chi connectivity index (χ0) is 25.0. The summed E-state index contributed by atoms with van der Waals surface area (Å²) in [5.41, 5.74) is 1.74. The lowest BCUT2D eigenvalue weighted by atomic mass is 9.69. The molecule has 2 aromatic carbocycles. The fraction of sp³-hybridized carbons (Fsp3) is 0.321. The van der Waals surface area contributed by atoms with E-state index in [9.17, 15) is 14.7 Å². The molecule has 182 valence electrons. The Morgan fingerprint density at radius 1 is 1.03 bits per heavy atom. The first-order valence-electron chi connectivity index (χ1n) is 11.7. The number of pyridine rings is 1. The molecule has 0 unspecified atom stereocenters. The summed E-state index contributed by atoms with van der Waals surface area (Å²) < 4.78 is 0. The Bertz CT molecular complexity index is 1190. The van der Waals surface area contributed by atoms with Crippen molar-refractivity contribution in [1.82, 2.24) is 10.3 Å². The number of aliphatic carboxylic acids is 1. The van der Waals surface area contributed by atoms with Gasteiger partial charge in [-0.25, -0.2) is 0 Å². The van der Waals surface area contributed by atoms with E-state index in [0.717, 1.165) is 16.7 Å².